The van der Waals surface area contributed by atoms with Crippen LogP contribution in [0.3, 0.4) is 0 Å². The van der Waals surface area contributed by atoms with Gasteiger partial charge in [0, 0.05) is 0 Å². The molecule has 0 aromatic heterocycles. The number of phosphoric acid groups is 2. The first-order chi connectivity index (χ1) is 8.24. The van der Waals surface area contributed by atoms with Crippen LogP contribution in [0, 0.1) is 83.5 Å². The minimum atomic E-state index is -5.39. The van der Waals surface area contributed by atoms with Gasteiger partial charge in [-0.15, -0.1) is 0 Å². The first-order valence-electron chi connectivity index (χ1n) is 2.69. The second-order valence-electron chi connectivity index (χ2n) is 1.14. The van der Waals surface area contributed by atoms with Crippen LogP contribution < -0.4 is 29.4 Å². The maximum atomic E-state index is 8.58. The van der Waals surface area contributed by atoms with E-state index in [1.807, 2.05) is 0 Å². The van der Waals surface area contributed by atoms with E-state index >= 15 is 0 Å². The topological polar surface area (TPSA) is 275 Å². The molecule has 0 bridgehead atoms. The number of rotatable bonds is 0. The van der Waals surface area contributed by atoms with Gasteiger partial charge in [-0.3, -0.25) is 0 Å². The fourth-order valence-electron chi connectivity index (χ4n) is 0. The van der Waals surface area contributed by atoms with Crippen LogP contribution in [0.1, 0.15) is 0 Å². The van der Waals surface area contributed by atoms with E-state index in [1.165, 1.54) is 0 Å². The summed E-state index contributed by atoms with van der Waals surface area (Å²) in [4.78, 5) is 51.3. The van der Waals surface area contributed by atoms with Crippen molar-refractivity contribution >= 4 is 53.4 Å². The van der Waals surface area contributed by atoms with Gasteiger partial charge >= 0.3 is 135 Å². The van der Waals surface area contributed by atoms with Crippen LogP contribution in [0.15, 0.2) is 0 Å². The van der Waals surface area contributed by atoms with Crippen LogP contribution in [-0.4, -0.2) is 37.7 Å². The SMILES string of the molecule is O=P([O-])([O-])[O-].O=P([O-])([O-])[O-].[CaH2].[O]=[U+2]=[O].[O]=[U+2]=[O].[O]=[U+2]=[O]. The van der Waals surface area contributed by atoms with E-state index in [0.717, 1.165) is 0 Å². The number of hydrogen-bond acceptors (Lipinski definition) is 14. The molecule has 20 heteroatoms. The Bertz CT molecular complexity index is 306. The molecule has 14 nitrogen and oxygen atoms in total. The van der Waals surface area contributed by atoms with Crippen molar-refractivity contribution in [2.45, 2.75) is 0 Å². The molecule has 0 aliphatic rings. The Morgan fingerprint density at radius 1 is 0.500 bits per heavy atom. The van der Waals surface area contributed by atoms with Gasteiger partial charge in [0.05, 0.1) is 0 Å². The summed E-state index contributed by atoms with van der Waals surface area (Å²) < 4.78 is 68.6. The van der Waals surface area contributed by atoms with Crippen molar-refractivity contribution in [1.82, 2.24) is 0 Å². The molecule has 0 N–H and O–H groups in total. The normalized spacial score (nSPS) is 7.10. The molecule has 0 radical (unpaired) electrons. The van der Waals surface area contributed by atoms with Crippen LogP contribution in [0.5, 0.6) is 0 Å². The molecule has 0 atom stereocenters. The van der Waals surface area contributed by atoms with Crippen LogP contribution >= 0.6 is 15.6 Å². The third-order valence-corrected chi connectivity index (χ3v) is 0. The van der Waals surface area contributed by atoms with Crippen molar-refractivity contribution in [1.29, 1.82) is 0 Å². The Morgan fingerprint density at radius 3 is 0.500 bits per heavy atom. The van der Waals surface area contributed by atoms with Gasteiger partial charge in [-0.05, 0) is 0 Å². The van der Waals surface area contributed by atoms with Crippen LogP contribution in [-0.2, 0) is 22.5 Å². The fourth-order valence-corrected chi connectivity index (χ4v) is 0. The average molecular weight is 1040 g/mol. The molecule has 0 aromatic rings. The van der Waals surface area contributed by atoms with Crippen molar-refractivity contribution in [3.05, 3.63) is 0 Å². The summed E-state index contributed by atoms with van der Waals surface area (Å²) in [5, 5.41) is 0. The summed E-state index contributed by atoms with van der Waals surface area (Å²) in [6.45, 7) is 0. The first-order valence-corrected chi connectivity index (χ1v) is 15.8. The van der Waals surface area contributed by atoms with Gasteiger partial charge in [0.15, 0.2) is 0 Å². The summed E-state index contributed by atoms with van der Waals surface area (Å²) >= 11 is -7.52. The quantitative estimate of drug-likeness (QED) is 0.161. The molecule has 0 aliphatic carbocycles. The second-order valence-corrected chi connectivity index (χ2v) is 5.02. The molecule has 0 saturated carbocycles. The van der Waals surface area contributed by atoms with Crippen molar-refractivity contribution in [3.8, 4) is 0 Å². The Balaban J connectivity index is -0.0000000310. The van der Waals surface area contributed by atoms with Crippen LogP contribution in [0.4, 0.5) is 0 Å². The predicted molar refractivity (Wildman–Crippen MR) is 27.9 cm³/mol. The van der Waals surface area contributed by atoms with Gasteiger partial charge in [-0.2, -0.15) is 15.6 Å². The zero-order valence-corrected chi connectivity index (χ0v) is 22.4. The zero-order valence-electron chi connectivity index (χ0n) is 8.11. The molecular formula is H2CaO14P2U3. The van der Waals surface area contributed by atoms with Crippen molar-refractivity contribution in [2.24, 2.45) is 0 Å². The molecule has 0 fully saturated rings. The minimum absolute atomic E-state index is 0. The van der Waals surface area contributed by atoms with E-state index < -0.39 is 99.1 Å². The Kier molecular flexibility index (Phi) is 58.8. The van der Waals surface area contributed by atoms with Crippen LogP contribution in [0.2, 0.25) is 0 Å². The van der Waals surface area contributed by atoms with Crippen molar-refractivity contribution in [3.63, 3.8) is 0 Å². The van der Waals surface area contributed by atoms with E-state index in [1.54, 1.807) is 0 Å². The molecule has 0 saturated heterocycles. The molecule has 110 valence electrons. The average Bonchev–Trinajstić information content (AvgIpc) is 1.99. The van der Waals surface area contributed by atoms with Crippen molar-refractivity contribution in [2.75, 3.05) is 0 Å². The van der Waals surface area contributed by atoms with Gasteiger partial charge in [-0.25, -0.2) is 0 Å². The molecule has 0 rings (SSSR count). The van der Waals surface area contributed by atoms with Gasteiger partial charge in [0.2, 0.25) is 0 Å². The summed E-state index contributed by atoms with van der Waals surface area (Å²) in [6.07, 6.45) is 0. The van der Waals surface area contributed by atoms with E-state index in [9.17, 15) is 0 Å². The molecule has 0 unspecified atom stereocenters. The third kappa shape index (κ3) is 758. The second kappa shape index (κ2) is 30.3. The molecule has 0 aliphatic heterocycles. The molecule has 0 aromatic carbocycles. The van der Waals surface area contributed by atoms with Crippen LogP contribution in [0.25, 0.3) is 0 Å². The zero-order chi connectivity index (χ0) is 17.1. The summed E-state index contributed by atoms with van der Waals surface area (Å²) in [7, 11) is -10.8. The van der Waals surface area contributed by atoms with Gasteiger partial charge < -0.3 is 38.5 Å². The first kappa shape index (κ1) is 38.8. The summed E-state index contributed by atoms with van der Waals surface area (Å²) in [5.41, 5.74) is 0. The van der Waals surface area contributed by atoms with E-state index in [4.69, 9.17) is 51.9 Å². The molecule has 20 heavy (non-hydrogen) atoms. The molecule has 0 heterocycles. The Morgan fingerprint density at radius 2 is 0.500 bits per heavy atom. The van der Waals surface area contributed by atoms with Gasteiger partial charge in [-0.1, -0.05) is 0 Å². The van der Waals surface area contributed by atoms with Gasteiger partial charge in [0.1, 0.15) is 0 Å². The Hall–Kier alpha value is 3.44. The van der Waals surface area contributed by atoms with E-state index in [0.29, 0.717) is 0 Å². The van der Waals surface area contributed by atoms with E-state index in [-0.39, 0.29) is 37.7 Å². The monoisotopic (exact) mass is 1040 g/mol. The summed E-state index contributed by atoms with van der Waals surface area (Å²) in [6, 6.07) is 0. The van der Waals surface area contributed by atoms with E-state index in [2.05, 4.69) is 0 Å². The molecule has 0 amide bonds. The third-order valence-electron chi connectivity index (χ3n) is 0. The van der Waals surface area contributed by atoms with Gasteiger partial charge in [0.25, 0.3) is 0 Å². The Labute approximate surface area is 185 Å². The standard InChI is InChI=1S/Ca.2H3O4P.6O.3U.2H/c;2*1-5(2,3)4;;;;;;;;;;;/h;2*(H3,1,2,3,4);;;;;;;;;;;/q;;;;;;;;;3*+2;;/p-6. The predicted octanol–water partition coefficient (Wildman–Crippen LogP) is -7.28. The fraction of sp³-hybridized carbons (Fsp3) is 0. The summed E-state index contributed by atoms with van der Waals surface area (Å²) in [5.74, 6) is 0. The molecule has 0 spiro atoms. The number of hydrogen-bond donors (Lipinski definition) is 0. The maximum absolute atomic E-state index is 8.58. The molecular weight excluding hydrogens is 1040 g/mol. The van der Waals surface area contributed by atoms with Crippen molar-refractivity contribution < 1.29 is 135 Å².